The van der Waals surface area contributed by atoms with Crippen molar-refractivity contribution in [1.82, 2.24) is 5.32 Å². The molecule has 82 valence electrons. The maximum atomic E-state index is 11.3. The van der Waals surface area contributed by atoms with Crippen LogP contribution >= 0.6 is 11.6 Å². The van der Waals surface area contributed by atoms with E-state index in [1.54, 1.807) is 6.92 Å². The topological polar surface area (TPSA) is 49.3 Å². The van der Waals surface area contributed by atoms with Gasteiger partial charge in [-0.2, -0.15) is 0 Å². The number of aliphatic hydroxyl groups excluding tert-OH is 1. The Balaban J connectivity index is 2.37. The lowest BCUT2D eigenvalue weighted by molar-refractivity contribution is -0.121. The Morgan fingerprint density at radius 2 is 2.29 bits per heavy atom. The van der Waals surface area contributed by atoms with E-state index in [4.69, 9.17) is 16.7 Å². The van der Waals surface area contributed by atoms with E-state index >= 15 is 0 Å². The molecule has 1 amide bonds. The molecule has 0 saturated heterocycles. The van der Waals surface area contributed by atoms with Gasteiger partial charge in [-0.15, -0.1) is 11.6 Å². The zero-order valence-electron chi connectivity index (χ0n) is 8.50. The summed E-state index contributed by atoms with van der Waals surface area (Å²) in [6, 6.07) is 0.113. The monoisotopic (exact) mass is 219 g/mol. The van der Waals surface area contributed by atoms with Crippen molar-refractivity contribution in [2.24, 2.45) is 5.92 Å². The average Bonchev–Trinajstić information content (AvgIpc) is 2.01. The highest BCUT2D eigenvalue weighted by molar-refractivity contribution is 6.30. The number of carbonyl (C=O) groups is 1. The fourth-order valence-corrected chi connectivity index (χ4v) is 1.77. The molecule has 1 fully saturated rings. The number of alkyl halides is 1. The van der Waals surface area contributed by atoms with Gasteiger partial charge in [0.1, 0.15) is 5.38 Å². The number of amides is 1. The summed E-state index contributed by atoms with van der Waals surface area (Å²) in [6.45, 7) is 1.78. The maximum Gasteiger partial charge on any atom is 0.237 e. The lowest BCUT2D eigenvalue weighted by atomic mass is 9.78. The van der Waals surface area contributed by atoms with E-state index in [2.05, 4.69) is 5.32 Å². The molecule has 1 aliphatic rings. The zero-order valence-corrected chi connectivity index (χ0v) is 9.26. The number of aliphatic hydroxyl groups is 1. The number of rotatable bonds is 5. The second kappa shape index (κ2) is 5.56. The fraction of sp³-hybridized carbons (Fsp3) is 0.900. The van der Waals surface area contributed by atoms with E-state index in [1.807, 2.05) is 0 Å². The van der Waals surface area contributed by atoms with Gasteiger partial charge in [-0.05, 0) is 32.1 Å². The molecule has 0 bridgehead atoms. The van der Waals surface area contributed by atoms with E-state index in [1.165, 1.54) is 6.42 Å². The quantitative estimate of drug-likeness (QED) is 0.685. The highest BCUT2D eigenvalue weighted by Crippen LogP contribution is 2.30. The van der Waals surface area contributed by atoms with Gasteiger partial charge in [0.2, 0.25) is 5.91 Å². The van der Waals surface area contributed by atoms with Crippen molar-refractivity contribution in [1.29, 1.82) is 0 Å². The van der Waals surface area contributed by atoms with E-state index in [0.29, 0.717) is 12.3 Å². The van der Waals surface area contributed by atoms with Crippen molar-refractivity contribution < 1.29 is 9.90 Å². The van der Waals surface area contributed by atoms with Gasteiger partial charge in [0.15, 0.2) is 0 Å². The molecule has 2 unspecified atom stereocenters. The molecule has 2 N–H and O–H groups in total. The molecular weight excluding hydrogens is 202 g/mol. The van der Waals surface area contributed by atoms with Gasteiger partial charge in [0.05, 0.1) is 0 Å². The van der Waals surface area contributed by atoms with Crippen molar-refractivity contribution in [3.8, 4) is 0 Å². The summed E-state index contributed by atoms with van der Waals surface area (Å²) in [5.41, 5.74) is 0. The van der Waals surface area contributed by atoms with Gasteiger partial charge in [0, 0.05) is 12.6 Å². The summed E-state index contributed by atoms with van der Waals surface area (Å²) in [6.07, 6.45) is 4.18. The average molecular weight is 220 g/mol. The van der Waals surface area contributed by atoms with E-state index < -0.39 is 5.38 Å². The van der Waals surface area contributed by atoms with Crippen molar-refractivity contribution in [2.45, 2.75) is 44.0 Å². The predicted molar refractivity (Wildman–Crippen MR) is 56.3 cm³/mol. The van der Waals surface area contributed by atoms with E-state index in [9.17, 15) is 4.79 Å². The third-order valence-electron chi connectivity index (χ3n) is 2.85. The summed E-state index contributed by atoms with van der Waals surface area (Å²) in [5, 5.41) is 11.3. The number of halogens is 1. The summed E-state index contributed by atoms with van der Waals surface area (Å²) >= 11 is 5.66. The summed E-state index contributed by atoms with van der Waals surface area (Å²) in [4.78, 5) is 11.3. The number of hydrogen-bond acceptors (Lipinski definition) is 2. The Hall–Kier alpha value is -0.280. The highest BCUT2D eigenvalue weighted by atomic mass is 35.5. The first kappa shape index (κ1) is 11.8. The van der Waals surface area contributed by atoms with Crippen LogP contribution in [0.1, 0.15) is 32.6 Å². The minimum Gasteiger partial charge on any atom is -0.396 e. The van der Waals surface area contributed by atoms with Crippen LogP contribution in [0.25, 0.3) is 0 Å². The van der Waals surface area contributed by atoms with Gasteiger partial charge in [-0.1, -0.05) is 6.42 Å². The third kappa shape index (κ3) is 3.14. The van der Waals surface area contributed by atoms with Gasteiger partial charge in [-0.25, -0.2) is 0 Å². The fourth-order valence-electron chi connectivity index (χ4n) is 1.70. The first-order valence-electron chi connectivity index (χ1n) is 5.20. The van der Waals surface area contributed by atoms with E-state index in [0.717, 1.165) is 12.8 Å². The highest BCUT2D eigenvalue weighted by Gasteiger charge is 2.28. The van der Waals surface area contributed by atoms with Gasteiger partial charge in [0.25, 0.3) is 0 Å². The second-order valence-electron chi connectivity index (χ2n) is 3.93. The Kier molecular flexibility index (Phi) is 4.69. The van der Waals surface area contributed by atoms with Gasteiger partial charge >= 0.3 is 0 Å². The lowest BCUT2D eigenvalue weighted by Crippen LogP contribution is -2.45. The maximum absolute atomic E-state index is 11.3. The second-order valence-corrected chi connectivity index (χ2v) is 4.59. The van der Waals surface area contributed by atoms with Crippen molar-refractivity contribution in [3.05, 3.63) is 0 Å². The zero-order chi connectivity index (χ0) is 10.6. The Morgan fingerprint density at radius 1 is 1.64 bits per heavy atom. The first-order chi connectivity index (χ1) is 6.65. The number of hydrogen-bond donors (Lipinski definition) is 2. The molecule has 0 heterocycles. The largest absolute Gasteiger partial charge is 0.396 e. The molecule has 0 aromatic carbocycles. The van der Waals surface area contributed by atoms with Crippen LogP contribution in [-0.2, 0) is 4.79 Å². The minimum absolute atomic E-state index is 0.113. The predicted octanol–water partition coefficient (Wildman–Crippen LogP) is 1.28. The molecule has 0 aromatic heterocycles. The molecule has 14 heavy (non-hydrogen) atoms. The SMILES string of the molecule is CC(Cl)C(=O)NC(CCO)C1CCC1. The summed E-state index contributed by atoms with van der Waals surface area (Å²) in [7, 11) is 0. The van der Waals surface area contributed by atoms with Crippen LogP contribution in [0.2, 0.25) is 0 Å². The molecular formula is C10H18ClNO2. The molecule has 4 heteroatoms. The molecule has 1 rings (SSSR count). The van der Waals surface area contributed by atoms with Crippen LogP contribution in [0, 0.1) is 5.92 Å². The summed E-state index contributed by atoms with van der Waals surface area (Å²) < 4.78 is 0. The van der Waals surface area contributed by atoms with Crippen LogP contribution in [0.4, 0.5) is 0 Å². The Morgan fingerprint density at radius 3 is 2.64 bits per heavy atom. The van der Waals surface area contributed by atoms with Crippen molar-refractivity contribution >= 4 is 17.5 Å². The smallest absolute Gasteiger partial charge is 0.237 e. The number of nitrogens with one attached hydrogen (secondary N) is 1. The normalized spacial score (nSPS) is 21.1. The molecule has 0 aliphatic heterocycles. The Labute approximate surface area is 89.8 Å². The van der Waals surface area contributed by atoms with Crippen LogP contribution in [0.3, 0.4) is 0 Å². The molecule has 0 radical (unpaired) electrons. The molecule has 1 saturated carbocycles. The van der Waals surface area contributed by atoms with Crippen molar-refractivity contribution in [3.63, 3.8) is 0 Å². The Bertz CT molecular complexity index is 193. The van der Waals surface area contributed by atoms with Crippen LogP contribution in [0.5, 0.6) is 0 Å². The molecule has 1 aliphatic carbocycles. The molecule has 0 spiro atoms. The van der Waals surface area contributed by atoms with Gasteiger partial charge < -0.3 is 10.4 Å². The van der Waals surface area contributed by atoms with Crippen molar-refractivity contribution in [2.75, 3.05) is 6.61 Å². The van der Waals surface area contributed by atoms with Crippen LogP contribution in [-0.4, -0.2) is 29.0 Å². The minimum atomic E-state index is -0.490. The molecule has 3 nitrogen and oxygen atoms in total. The van der Waals surface area contributed by atoms with Gasteiger partial charge in [-0.3, -0.25) is 4.79 Å². The summed E-state index contributed by atoms with van der Waals surface area (Å²) in [5.74, 6) is 0.415. The molecule has 2 atom stereocenters. The van der Waals surface area contributed by atoms with Crippen LogP contribution in [0.15, 0.2) is 0 Å². The van der Waals surface area contributed by atoms with E-state index in [-0.39, 0.29) is 18.6 Å². The van der Waals surface area contributed by atoms with Crippen LogP contribution < -0.4 is 5.32 Å². The number of carbonyl (C=O) groups excluding carboxylic acids is 1. The third-order valence-corrected chi connectivity index (χ3v) is 3.05. The lowest BCUT2D eigenvalue weighted by Gasteiger charge is -2.34. The first-order valence-corrected chi connectivity index (χ1v) is 5.64. The standard InChI is InChI=1S/C10H18ClNO2/c1-7(11)10(14)12-9(5-6-13)8-3-2-4-8/h7-9,13H,2-6H2,1H3,(H,12,14). The molecule has 0 aromatic rings.